The Hall–Kier alpha value is -3.68. The van der Waals surface area contributed by atoms with Crippen molar-refractivity contribution in [3.8, 4) is 11.3 Å². The van der Waals surface area contributed by atoms with Gasteiger partial charge in [-0.15, -0.1) is 0 Å². The third kappa shape index (κ3) is 4.29. The van der Waals surface area contributed by atoms with Crippen LogP contribution in [0.4, 0.5) is 0 Å². The molecule has 2 aromatic heterocycles. The molecule has 4 aromatic rings. The average molecular weight is 505 g/mol. The van der Waals surface area contributed by atoms with Gasteiger partial charge in [0.2, 0.25) is 0 Å². The Bertz CT molecular complexity index is 1630. The van der Waals surface area contributed by atoms with E-state index < -0.39 is 12.0 Å². The fourth-order valence-electron chi connectivity index (χ4n) is 4.10. The van der Waals surface area contributed by atoms with Crippen LogP contribution in [-0.4, -0.2) is 17.1 Å². The highest BCUT2D eigenvalue weighted by Gasteiger charge is 2.34. The van der Waals surface area contributed by atoms with Gasteiger partial charge in [0.15, 0.2) is 4.80 Å². The van der Waals surface area contributed by atoms with Crippen LogP contribution in [0.2, 0.25) is 5.02 Å². The number of thiazole rings is 1. The van der Waals surface area contributed by atoms with E-state index >= 15 is 0 Å². The molecule has 0 fully saturated rings. The molecule has 3 heterocycles. The molecule has 0 saturated heterocycles. The highest BCUT2D eigenvalue weighted by Crippen LogP contribution is 2.34. The number of esters is 1. The van der Waals surface area contributed by atoms with Crippen LogP contribution >= 0.6 is 22.9 Å². The number of furan rings is 1. The summed E-state index contributed by atoms with van der Waals surface area (Å²) < 4.78 is 13.2. The van der Waals surface area contributed by atoms with E-state index in [0.29, 0.717) is 42.7 Å². The number of nitrogens with zero attached hydrogens (tertiary/aromatic N) is 2. The largest absolute Gasteiger partial charge is 0.463 e. The van der Waals surface area contributed by atoms with Crippen molar-refractivity contribution in [1.82, 2.24) is 4.57 Å². The van der Waals surface area contributed by atoms with Crippen LogP contribution in [0.3, 0.4) is 0 Å². The summed E-state index contributed by atoms with van der Waals surface area (Å²) >= 11 is 7.76. The lowest BCUT2D eigenvalue weighted by Gasteiger charge is -2.25. The number of fused-ring (bicyclic) bond motifs is 1. The van der Waals surface area contributed by atoms with Crippen molar-refractivity contribution in [3.05, 3.63) is 114 Å². The second-order valence-electron chi connectivity index (χ2n) is 7.89. The predicted octanol–water partition coefficient (Wildman–Crippen LogP) is 4.71. The molecule has 0 saturated carbocycles. The molecule has 8 heteroatoms. The lowest BCUT2D eigenvalue weighted by molar-refractivity contribution is -0.139. The number of aromatic nitrogens is 1. The first-order valence-corrected chi connectivity index (χ1v) is 12.3. The SMILES string of the molecule is CCOC(=O)C1=C(C)N=c2s/c(=C\c3ccc(-c4ccccc4)o3)c(=O)n2[C@@H]1c1ccccc1Cl. The summed E-state index contributed by atoms with van der Waals surface area (Å²) in [6, 6.07) is 19.8. The van der Waals surface area contributed by atoms with Crippen LogP contribution in [0.25, 0.3) is 17.4 Å². The van der Waals surface area contributed by atoms with Gasteiger partial charge in [-0.1, -0.05) is 71.5 Å². The van der Waals surface area contributed by atoms with Gasteiger partial charge in [-0.05, 0) is 37.6 Å². The van der Waals surface area contributed by atoms with Crippen LogP contribution in [0.1, 0.15) is 31.2 Å². The zero-order valence-electron chi connectivity index (χ0n) is 19.0. The first-order valence-electron chi connectivity index (χ1n) is 11.1. The van der Waals surface area contributed by atoms with Gasteiger partial charge in [-0.25, -0.2) is 9.79 Å². The molecule has 1 aliphatic heterocycles. The van der Waals surface area contributed by atoms with Crippen molar-refractivity contribution in [1.29, 1.82) is 0 Å². The standard InChI is InChI=1S/C27H21ClN2O4S/c1-3-33-26(32)23-16(2)29-27-30(24(23)19-11-7-8-12-20(19)28)25(31)22(35-27)15-18-13-14-21(34-18)17-9-5-4-6-10-17/h4-15,24H,3H2,1-2H3/b22-15-/t24-/m1/s1. The summed E-state index contributed by atoms with van der Waals surface area (Å²) in [5, 5.41) is 0.446. The Morgan fingerprint density at radius 1 is 1.14 bits per heavy atom. The molecule has 35 heavy (non-hydrogen) atoms. The molecule has 176 valence electrons. The third-order valence-electron chi connectivity index (χ3n) is 5.68. The van der Waals surface area contributed by atoms with E-state index in [4.69, 9.17) is 20.8 Å². The molecule has 1 atom stereocenters. The molecule has 6 nitrogen and oxygen atoms in total. The fraction of sp³-hybridized carbons (Fsp3) is 0.148. The summed E-state index contributed by atoms with van der Waals surface area (Å²) in [6.45, 7) is 3.68. The Kier molecular flexibility index (Phi) is 6.28. The van der Waals surface area contributed by atoms with Crippen molar-refractivity contribution in [2.75, 3.05) is 6.61 Å². The van der Waals surface area contributed by atoms with E-state index in [1.54, 1.807) is 38.1 Å². The van der Waals surface area contributed by atoms with E-state index in [-0.39, 0.29) is 12.2 Å². The molecule has 0 N–H and O–H groups in total. The topological polar surface area (TPSA) is 73.8 Å². The maximum atomic E-state index is 13.6. The zero-order chi connectivity index (χ0) is 24.5. The van der Waals surface area contributed by atoms with Gasteiger partial charge in [0.25, 0.3) is 5.56 Å². The number of carbonyl (C=O) groups excluding carboxylic acids is 1. The number of ether oxygens (including phenoxy) is 1. The summed E-state index contributed by atoms with van der Waals surface area (Å²) in [5.41, 5.74) is 2.07. The summed E-state index contributed by atoms with van der Waals surface area (Å²) in [7, 11) is 0. The molecule has 5 rings (SSSR count). The van der Waals surface area contributed by atoms with Gasteiger partial charge in [0.1, 0.15) is 17.6 Å². The lowest BCUT2D eigenvalue weighted by Crippen LogP contribution is -2.40. The highest BCUT2D eigenvalue weighted by molar-refractivity contribution is 7.07. The van der Waals surface area contributed by atoms with Crippen LogP contribution < -0.4 is 14.9 Å². The molecule has 0 spiro atoms. The van der Waals surface area contributed by atoms with Crippen molar-refractivity contribution in [3.63, 3.8) is 0 Å². The van der Waals surface area contributed by atoms with Crippen molar-refractivity contribution in [2.24, 2.45) is 4.99 Å². The first-order chi connectivity index (χ1) is 17.0. The van der Waals surface area contributed by atoms with Gasteiger partial charge < -0.3 is 9.15 Å². The number of carbonyl (C=O) groups is 1. The number of allylic oxidation sites excluding steroid dienone is 1. The van der Waals surface area contributed by atoms with E-state index in [9.17, 15) is 9.59 Å². The summed E-state index contributed by atoms with van der Waals surface area (Å²) in [6.07, 6.45) is 1.70. The van der Waals surface area contributed by atoms with Crippen LogP contribution in [0, 0.1) is 0 Å². The molecule has 2 aromatic carbocycles. The lowest BCUT2D eigenvalue weighted by atomic mass is 9.96. The molecule has 0 radical (unpaired) electrons. The molecular weight excluding hydrogens is 484 g/mol. The molecular formula is C27H21ClN2O4S. The van der Waals surface area contributed by atoms with Gasteiger partial charge in [0.05, 0.1) is 22.4 Å². The number of hydrogen-bond donors (Lipinski definition) is 0. The van der Waals surface area contributed by atoms with E-state index in [1.165, 1.54) is 15.9 Å². The predicted molar refractivity (Wildman–Crippen MR) is 136 cm³/mol. The third-order valence-corrected chi connectivity index (χ3v) is 7.00. The maximum absolute atomic E-state index is 13.6. The second-order valence-corrected chi connectivity index (χ2v) is 9.31. The monoisotopic (exact) mass is 504 g/mol. The Labute approximate surface area is 210 Å². The van der Waals surface area contributed by atoms with Crippen LogP contribution in [0.15, 0.2) is 92.2 Å². The zero-order valence-corrected chi connectivity index (χ0v) is 20.6. The van der Waals surface area contributed by atoms with E-state index in [1.807, 2.05) is 48.5 Å². The van der Waals surface area contributed by atoms with E-state index in [2.05, 4.69) is 4.99 Å². The summed E-state index contributed by atoms with van der Waals surface area (Å²) in [4.78, 5) is 31.6. The first kappa shape index (κ1) is 23.1. The van der Waals surface area contributed by atoms with Crippen molar-refractivity contribution < 1.29 is 13.9 Å². The Morgan fingerprint density at radius 2 is 1.89 bits per heavy atom. The molecule has 0 amide bonds. The highest BCUT2D eigenvalue weighted by atomic mass is 35.5. The molecule has 0 aliphatic carbocycles. The Morgan fingerprint density at radius 3 is 2.63 bits per heavy atom. The smallest absolute Gasteiger partial charge is 0.338 e. The average Bonchev–Trinajstić information content (AvgIpc) is 3.44. The summed E-state index contributed by atoms with van der Waals surface area (Å²) in [5.74, 6) is 0.732. The fourth-order valence-corrected chi connectivity index (χ4v) is 5.37. The second kappa shape index (κ2) is 9.52. The minimum atomic E-state index is -0.752. The van der Waals surface area contributed by atoms with Gasteiger partial charge in [-0.2, -0.15) is 0 Å². The number of rotatable bonds is 5. The molecule has 0 unspecified atom stereocenters. The minimum absolute atomic E-state index is 0.206. The number of halogens is 1. The van der Waals surface area contributed by atoms with Crippen LogP contribution in [-0.2, 0) is 9.53 Å². The van der Waals surface area contributed by atoms with Crippen molar-refractivity contribution >= 4 is 35.0 Å². The normalized spacial score (nSPS) is 15.6. The van der Waals surface area contributed by atoms with Crippen molar-refractivity contribution in [2.45, 2.75) is 19.9 Å². The van der Waals surface area contributed by atoms with Gasteiger partial charge in [-0.3, -0.25) is 9.36 Å². The van der Waals surface area contributed by atoms with E-state index in [0.717, 1.165) is 5.56 Å². The molecule has 1 aliphatic rings. The number of benzene rings is 2. The van der Waals surface area contributed by atoms with Gasteiger partial charge in [0, 0.05) is 16.7 Å². The van der Waals surface area contributed by atoms with Gasteiger partial charge >= 0.3 is 5.97 Å². The number of hydrogen-bond acceptors (Lipinski definition) is 6. The minimum Gasteiger partial charge on any atom is -0.463 e. The Balaban J connectivity index is 1.67. The maximum Gasteiger partial charge on any atom is 0.338 e. The quantitative estimate of drug-likeness (QED) is 0.369. The molecule has 0 bridgehead atoms. The van der Waals surface area contributed by atoms with Crippen LogP contribution in [0.5, 0.6) is 0 Å².